The SMILES string of the molecule is CCC1(CNC(=O)[C@H](N)CC(C)C)CCCC1. The first-order valence-corrected chi connectivity index (χ1v) is 7.02. The summed E-state index contributed by atoms with van der Waals surface area (Å²) in [6.45, 7) is 7.23. The molecule has 1 aliphatic carbocycles. The summed E-state index contributed by atoms with van der Waals surface area (Å²) in [5.41, 5.74) is 6.23. The number of nitrogens with two attached hydrogens (primary N) is 1. The molecular formula is C14H28N2O. The second-order valence-electron chi connectivity index (χ2n) is 6.01. The molecule has 100 valence electrons. The molecule has 0 aromatic carbocycles. The van der Waals surface area contributed by atoms with E-state index < -0.39 is 0 Å². The van der Waals surface area contributed by atoms with Crippen LogP contribution in [0.1, 0.15) is 59.3 Å². The minimum Gasteiger partial charge on any atom is -0.354 e. The first-order valence-electron chi connectivity index (χ1n) is 7.02. The maximum absolute atomic E-state index is 11.9. The summed E-state index contributed by atoms with van der Waals surface area (Å²) in [4.78, 5) is 11.9. The van der Waals surface area contributed by atoms with Crippen LogP contribution in [-0.4, -0.2) is 18.5 Å². The Hall–Kier alpha value is -0.570. The van der Waals surface area contributed by atoms with Crippen molar-refractivity contribution in [2.24, 2.45) is 17.1 Å². The molecule has 1 amide bonds. The molecule has 0 bridgehead atoms. The van der Waals surface area contributed by atoms with Gasteiger partial charge in [0, 0.05) is 6.54 Å². The van der Waals surface area contributed by atoms with Crippen LogP contribution in [0.3, 0.4) is 0 Å². The van der Waals surface area contributed by atoms with Gasteiger partial charge in [-0.3, -0.25) is 4.79 Å². The Kier molecular flexibility index (Phi) is 5.44. The van der Waals surface area contributed by atoms with E-state index in [0.717, 1.165) is 19.4 Å². The van der Waals surface area contributed by atoms with Gasteiger partial charge in [-0.05, 0) is 37.0 Å². The number of hydrogen-bond acceptors (Lipinski definition) is 2. The van der Waals surface area contributed by atoms with Gasteiger partial charge in [0.15, 0.2) is 0 Å². The Morgan fingerprint density at radius 2 is 1.94 bits per heavy atom. The van der Waals surface area contributed by atoms with E-state index in [1.165, 1.54) is 25.7 Å². The van der Waals surface area contributed by atoms with Crippen molar-refractivity contribution in [1.29, 1.82) is 0 Å². The van der Waals surface area contributed by atoms with Gasteiger partial charge >= 0.3 is 0 Å². The highest BCUT2D eigenvalue weighted by Gasteiger charge is 2.32. The second-order valence-corrected chi connectivity index (χ2v) is 6.01. The average molecular weight is 240 g/mol. The lowest BCUT2D eigenvalue weighted by atomic mass is 9.83. The van der Waals surface area contributed by atoms with Crippen LogP contribution < -0.4 is 11.1 Å². The van der Waals surface area contributed by atoms with Gasteiger partial charge in [-0.15, -0.1) is 0 Å². The highest BCUT2D eigenvalue weighted by Crippen LogP contribution is 2.40. The third-order valence-corrected chi connectivity index (χ3v) is 4.11. The fraction of sp³-hybridized carbons (Fsp3) is 0.929. The molecule has 0 radical (unpaired) electrons. The van der Waals surface area contributed by atoms with Crippen molar-refractivity contribution >= 4 is 5.91 Å². The Balaban J connectivity index is 2.36. The molecule has 0 heterocycles. The highest BCUT2D eigenvalue weighted by atomic mass is 16.2. The zero-order valence-corrected chi connectivity index (χ0v) is 11.6. The van der Waals surface area contributed by atoms with Gasteiger partial charge in [-0.2, -0.15) is 0 Å². The van der Waals surface area contributed by atoms with E-state index in [1.807, 2.05) is 0 Å². The number of hydrogen-bond donors (Lipinski definition) is 2. The largest absolute Gasteiger partial charge is 0.354 e. The molecule has 0 spiro atoms. The minimum atomic E-state index is -0.342. The van der Waals surface area contributed by atoms with Crippen molar-refractivity contribution in [1.82, 2.24) is 5.32 Å². The van der Waals surface area contributed by atoms with E-state index in [-0.39, 0.29) is 11.9 Å². The molecule has 0 aliphatic heterocycles. The molecule has 0 aromatic rings. The molecule has 1 aliphatic rings. The van der Waals surface area contributed by atoms with Crippen LogP contribution in [0.25, 0.3) is 0 Å². The van der Waals surface area contributed by atoms with Crippen molar-refractivity contribution < 1.29 is 4.79 Å². The Morgan fingerprint density at radius 3 is 2.41 bits per heavy atom. The van der Waals surface area contributed by atoms with Gasteiger partial charge < -0.3 is 11.1 Å². The molecule has 3 N–H and O–H groups in total. The maximum atomic E-state index is 11.9. The van der Waals surface area contributed by atoms with E-state index in [4.69, 9.17) is 5.73 Å². The number of carbonyl (C=O) groups excluding carboxylic acids is 1. The van der Waals surface area contributed by atoms with Crippen LogP contribution in [0.4, 0.5) is 0 Å². The van der Waals surface area contributed by atoms with Crippen LogP contribution in [0.5, 0.6) is 0 Å². The smallest absolute Gasteiger partial charge is 0.236 e. The van der Waals surface area contributed by atoms with Crippen molar-refractivity contribution in [3.05, 3.63) is 0 Å². The first-order chi connectivity index (χ1) is 7.99. The molecule has 1 atom stereocenters. The zero-order valence-electron chi connectivity index (χ0n) is 11.6. The van der Waals surface area contributed by atoms with Crippen LogP contribution >= 0.6 is 0 Å². The van der Waals surface area contributed by atoms with Crippen LogP contribution in [-0.2, 0) is 4.79 Å². The molecule has 3 heteroatoms. The van der Waals surface area contributed by atoms with Gasteiger partial charge in [0.25, 0.3) is 0 Å². The fourth-order valence-electron chi connectivity index (χ4n) is 2.80. The summed E-state index contributed by atoms with van der Waals surface area (Å²) in [7, 11) is 0. The molecular weight excluding hydrogens is 212 g/mol. The molecule has 1 fully saturated rings. The average Bonchev–Trinajstić information content (AvgIpc) is 2.74. The summed E-state index contributed by atoms with van der Waals surface area (Å²) in [5.74, 6) is 0.501. The van der Waals surface area contributed by atoms with Crippen molar-refractivity contribution in [2.75, 3.05) is 6.54 Å². The predicted octanol–water partition coefficient (Wildman–Crippen LogP) is 2.45. The van der Waals surface area contributed by atoms with Crippen molar-refractivity contribution in [2.45, 2.75) is 65.3 Å². The topological polar surface area (TPSA) is 55.1 Å². The lowest BCUT2D eigenvalue weighted by molar-refractivity contribution is -0.123. The van der Waals surface area contributed by atoms with E-state index in [2.05, 4.69) is 26.1 Å². The standard InChI is InChI=1S/C14H28N2O/c1-4-14(7-5-6-8-14)10-16-13(17)12(15)9-11(2)3/h11-12H,4-10,15H2,1-3H3,(H,16,17)/t12-/m1/s1. The van der Waals surface area contributed by atoms with E-state index in [1.54, 1.807) is 0 Å². The van der Waals surface area contributed by atoms with Crippen LogP contribution in [0.2, 0.25) is 0 Å². The lowest BCUT2D eigenvalue weighted by Crippen LogP contribution is -2.45. The van der Waals surface area contributed by atoms with Gasteiger partial charge in [0.1, 0.15) is 0 Å². The number of amides is 1. The Morgan fingerprint density at radius 1 is 1.35 bits per heavy atom. The molecule has 1 rings (SSSR count). The predicted molar refractivity (Wildman–Crippen MR) is 71.6 cm³/mol. The third-order valence-electron chi connectivity index (χ3n) is 4.11. The van der Waals surface area contributed by atoms with E-state index in [0.29, 0.717) is 11.3 Å². The number of nitrogens with one attached hydrogen (secondary N) is 1. The van der Waals surface area contributed by atoms with Crippen molar-refractivity contribution in [3.8, 4) is 0 Å². The monoisotopic (exact) mass is 240 g/mol. The van der Waals surface area contributed by atoms with Crippen LogP contribution in [0.15, 0.2) is 0 Å². The van der Waals surface area contributed by atoms with Crippen LogP contribution in [0, 0.1) is 11.3 Å². The quantitative estimate of drug-likeness (QED) is 0.749. The number of carbonyl (C=O) groups is 1. The molecule has 1 saturated carbocycles. The molecule has 0 aromatic heterocycles. The van der Waals surface area contributed by atoms with Gasteiger partial charge in [-0.25, -0.2) is 0 Å². The first kappa shape index (κ1) is 14.5. The second kappa shape index (κ2) is 6.39. The summed E-state index contributed by atoms with van der Waals surface area (Å²) in [6.07, 6.45) is 7.05. The summed E-state index contributed by atoms with van der Waals surface area (Å²) < 4.78 is 0. The minimum absolute atomic E-state index is 0.0263. The van der Waals surface area contributed by atoms with Gasteiger partial charge in [-0.1, -0.05) is 33.6 Å². The van der Waals surface area contributed by atoms with Crippen molar-refractivity contribution in [3.63, 3.8) is 0 Å². The summed E-state index contributed by atoms with van der Waals surface area (Å²) in [6, 6.07) is -0.342. The van der Waals surface area contributed by atoms with Gasteiger partial charge in [0.2, 0.25) is 5.91 Å². The normalized spacial score (nSPS) is 20.5. The Labute approximate surface area is 106 Å². The zero-order chi connectivity index (χ0) is 12.9. The third kappa shape index (κ3) is 4.30. The maximum Gasteiger partial charge on any atom is 0.236 e. The molecule has 0 unspecified atom stereocenters. The summed E-state index contributed by atoms with van der Waals surface area (Å²) in [5, 5.41) is 3.06. The highest BCUT2D eigenvalue weighted by molar-refractivity contribution is 5.81. The summed E-state index contributed by atoms with van der Waals surface area (Å²) >= 11 is 0. The fourth-order valence-corrected chi connectivity index (χ4v) is 2.80. The number of rotatable bonds is 6. The molecule has 3 nitrogen and oxygen atoms in total. The van der Waals surface area contributed by atoms with E-state index >= 15 is 0 Å². The Bertz CT molecular complexity index is 245. The van der Waals surface area contributed by atoms with Gasteiger partial charge in [0.05, 0.1) is 6.04 Å². The molecule has 0 saturated heterocycles. The lowest BCUT2D eigenvalue weighted by Gasteiger charge is -2.28. The van der Waals surface area contributed by atoms with E-state index in [9.17, 15) is 4.79 Å². The molecule has 17 heavy (non-hydrogen) atoms.